The molecule has 0 spiro atoms. The van der Waals surface area contributed by atoms with Gasteiger partial charge in [0.05, 0.1) is 22.7 Å². The average molecular weight is 478 g/mol. The molecular weight excluding hydrogens is 457 g/mol. The number of allylic oxidation sites excluding steroid dienone is 1. The van der Waals surface area contributed by atoms with Crippen LogP contribution in [0, 0.1) is 0 Å². The van der Waals surface area contributed by atoms with E-state index >= 15 is 0 Å². The fourth-order valence-electron chi connectivity index (χ4n) is 3.96. The van der Waals surface area contributed by atoms with Crippen LogP contribution in [-0.4, -0.2) is 57.1 Å². The number of hydrogen-bond acceptors (Lipinski definition) is 7. The van der Waals surface area contributed by atoms with E-state index in [9.17, 15) is 19.5 Å². The van der Waals surface area contributed by atoms with E-state index in [1.54, 1.807) is 49.9 Å². The average Bonchev–Trinajstić information content (AvgIpc) is 3.15. The molecule has 0 aliphatic carbocycles. The predicted molar refractivity (Wildman–Crippen MR) is 109 cm³/mol. The number of ether oxygens (including phenoxy) is 1. The summed E-state index contributed by atoms with van der Waals surface area (Å²) in [5.74, 6) is -1.79. The number of β-lactam (4-membered cyclic amide) rings is 1. The second-order valence-electron chi connectivity index (χ2n) is 7.59. The van der Waals surface area contributed by atoms with Crippen molar-refractivity contribution in [2.24, 2.45) is 0 Å². The second kappa shape index (κ2) is 9.21. The number of carbonyl (C=O) groups is 3. The number of thioether (sulfide) groups is 1. The Bertz CT molecular complexity index is 958. The first kappa shape index (κ1) is 25.8. The first-order valence-electron chi connectivity index (χ1n) is 9.01. The maximum Gasteiger partial charge on any atom is 1.00 e. The number of hydrogen-bond donors (Lipinski definition) is 1. The number of anilines is 1. The Morgan fingerprint density at radius 3 is 2.58 bits per heavy atom. The van der Waals surface area contributed by atoms with E-state index in [1.807, 2.05) is 0 Å². The largest absolute Gasteiger partial charge is 1.00 e. The van der Waals surface area contributed by atoms with Crippen LogP contribution in [0.4, 0.5) is 5.69 Å². The van der Waals surface area contributed by atoms with Gasteiger partial charge in [-0.15, -0.1) is 11.8 Å². The minimum atomic E-state index is -1.30. The molecule has 0 aromatic heterocycles. The quantitative estimate of drug-likeness (QED) is 0.357. The van der Waals surface area contributed by atoms with Gasteiger partial charge in [0.2, 0.25) is 5.91 Å². The Kier molecular flexibility index (Phi) is 7.67. The van der Waals surface area contributed by atoms with Gasteiger partial charge in [0, 0.05) is 4.75 Å². The van der Waals surface area contributed by atoms with Crippen LogP contribution in [-0.2, 0) is 19.1 Å². The van der Waals surface area contributed by atoms with E-state index in [1.165, 1.54) is 16.7 Å². The Hall–Kier alpha value is -1.43. The molecule has 2 saturated heterocycles. The van der Waals surface area contributed by atoms with Crippen LogP contribution in [0.5, 0.6) is 0 Å². The number of fused-ring (bicyclic) bond motifs is 1. The monoisotopic (exact) mass is 477 g/mol. The van der Waals surface area contributed by atoms with E-state index < -0.39 is 40.0 Å². The minimum Gasteiger partial charge on any atom is -0.548 e. The van der Waals surface area contributed by atoms with Crippen LogP contribution < -0.4 is 44.9 Å². The van der Waals surface area contributed by atoms with Crippen molar-refractivity contribution >= 4 is 46.8 Å². The van der Waals surface area contributed by atoms with Gasteiger partial charge in [-0.05, 0) is 32.9 Å². The van der Waals surface area contributed by atoms with Gasteiger partial charge in [0.1, 0.15) is 22.9 Å². The number of halogens is 1. The molecule has 0 saturated carbocycles. The molecular formula is C19H21ClN3NaO6S. The summed E-state index contributed by atoms with van der Waals surface area (Å²) >= 11 is 7.60. The van der Waals surface area contributed by atoms with E-state index in [-0.39, 0.29) is 47.5 Å². The van der Waals surface area contributed by atoms with E-state index in [0.717, 1.165) is 0 Å². The van der Waals surface area contributed by atoms with Crippen molar-refractivity contribution in [2.45, 2.75) is 43.0 Å². The van der Waals surface area contributed by atoms with Gasteiger partial charge < -0.3 is 30.3 Å². The number of carboxylic acid groups (broad SMARTS) is 1. The predicted octanol–water partition coefficient (Wildman–Crippen LogP) is -3.16. The van der Waals surface area contributed by atoms with Gasteiger partial charge in [0.25, 0.3) is 5.91 Å². The molecule has 9 nitrogen and oxygen atoms in total. The Morgan fingerprint density at radius 1 is 1.32 bits per heavy atom. The molecule has 3 atom stereocenters. The van der Waals surface area contributed by atoms with Gasteiger partial charge in [-0.1, -0.05) is 23.7 Å². The van der Waals surface area contributed by atoms with E-state index in [0.29, 0.717) is 16.5 Å². The zero-order valence-corrected chi connectivity index (χ0v) is 21.0. The molecule has 3 aliphatic rings. The molecule has 31 heavy (non-hydrogen) atoms. The first-order valence-corrected chi connectivity index (χ1v) is 10.3. The molecule has 12 heteroatoms. The number of carbonyl (C=O) groups excluding carboxylic acids is 3. The smallest absolute Gasteiger partial charge is 0.548 e. The number of aliphatic carboxylic acids is 1. The summed E-state index contributed by atoms with van der Waals surface area (Å²) < 4.78 is 4.82. The summed E-state index contributed by atoms with van der Waals surface area (Å²) in [5, 5.41) is 14.3. The normalized spacial score (nSPS) is 25.7. The number of benzene rings is 1. The Labute approximate surface area is 210 Å². The van der Waals surface area contributed by atoms with Crippen molar-refractivity contribution < 1.29 is 59.3 Å². The van der Waals surface area contributed by atoms with Crippen LogP contribution in [0.3, 0.4) is 0 Å². The maximum absolute atomic E-state index is 13.0. The summed E-state index contributed by atoms with van der Waals surface area (Å²) in [6.07, 6.45) is 0. The molecule has 2 amide bonds. The van der Waals surface area contributed by atoms with Crippen molar-refractivity contribution in [3.63, 3.8) is 0 Å². The topological polar surface area (TPSA) is 134 Å². The van der Waals surface area contributed by atoms with Crippen LogP contribution >= 0.6 is 23.4 Å². The molecule has 4 rings (SSSR count). The minimum absolute atomic E-state index is 0. The van der Waals surface area contributed by atoms with Gasteiger partial charge in [-0.3, -0.25) is 14.5 Å². The molecule has 1 aromatic carbocycles. The van der Waals surface area contributed by atoms with Crippen LogP contribution in [0.2, 0.25) is 5.02 Å². The van der Waals surface area contributed by atoms with Crippen LogP contribution in [0.25, 0.3) is 0 Å². The number of nitrogens with one attached hydrogen (secondary N) is 1. The third-order valence-corrected chi connectivity index (χ3v) is 7.21. The van der Waals surface area contributed by atoms with Gasteiger partial charge in [-0.25, -0.2) is 0 Å². The fraction of sp³-hybridized carbons (Fsp3) is 0.421. The van der Waals surface area contributed by atoms with Gasteiger partial charge in [0.15, 0.2) is 6.73 Å². The molecule has 3 N–H and O–H groups in total. The summed E-state index contributed by atoms with van der Waals surface area (Å²) in [5.41, 5.74) is 0.883. The first-order chi connectivity index (χ1) is 13.6. The molecule has 3 unspecified atom stereocenters. The molecule has 162 valence electrons. The van der Waals surface area contributed by atoms with Crippen LogP contribution in [0.15, 0.2) is 35.7 Å². The summed E-state index contributed by atoms with van der Waals surface area (Å²) in [4.78, 5) is 40.1. The molecule has 2 fully saturated rings. The SMILES string of the molecule is CC1=C(C(=O)NC2C(=O)N3C2SC(C)(C)C3C(=O)[O-])N(c2ccccc2Cl)CO1.O.[Na+]. The standard InChI is InChI=1S/C19H20ClN3O5S.Na.H2O/c1-9-13(22(8-28-9)11-7-5-4-6-10(11)20)15(24)21-12-16(25)23-14(18(26)27)19(2,3)29-17(12)23;;/h4-7,12,14,17H,8H2,1-3H3,(H,21,24)(H,26,27);;1H2/q;+1;/p-1. The van der Waals surface area contributed by atoms with E-state index in [2.05, 4.69) is 5.32 Å². The Balaban J connectivity index is 0.00000171. The number of amides is 2. The van der Waals surface area contributed by atoms with Gasteiger partial charge in [-0.2, -0.15) is 0 Å². The number of nitrogens with zero attached hydrogens (tertiary/aromatic N) is 2. The Morgan fingerprint density at radius 2 is 1.97 bits per heavy atom. The molecule has 0 radical (unpaired) electrons. The number of carboxylic acids is 1. The molecule has 3 aliphatic heterocycles. The zero-order valence-electron chi connectivity index (χ0n) is 17.5. The van der Waals surface area contributed by atoms with Gasteiger partial charge >= 0.3 is 29.6 Å². The number of para-hydroxylation sites is 1. The third kappa shape index (κ3) is 4.17. The van der Waals surface area contributed by atoms with Crippen molar-refractivity contribution in [1.82, 2.24) is 10.2 Å². The molecule has 0 bridgehead atoms. The van der Waals surface area contributed by atoms with E-state index in [4.69, 9.17) is 16.3 Å². The van der Waals surface area contributed by atoms with Crippen LogP contribution in [0.1, 0.15) is 20.8 Å². The zero-order chi connectivity index (χ0) is 21.1. The maximum atomic E-state index is 13.0. The fourth-order valence-corrected chi connectivity index (χ4v) is 5.82. The number of rotatable bonds is 4. The van der Waals surface area contributed by atoms with Crippen molar-refractivity contribution in [1.29, 1.82) is 0 Å². The molecule has 3 heterocycles. The third-order valence-electron chi connectivity index (χ3n) is 5.32. The summed E-state index contributed by atoms with van der Waals surface area (Å²) in [6.45, 7) is 5.29. The van der Waals surface area contributed by atoms with Crippen molar-refractivity contribution in [3.8, 4) is 0 Å². The summed E-state index contributed by atoms with van der Waals surface area (Å²) in [6, 6.07) is 5.22. The molecule has 1 aromatic rings. The summed E-state index contributed by atoms with van der Waals surface area (Å²) in [7, 11) is 0. The van der Waals surface area contributed by atoms with Crippen molar-refractivity contribution in [2.75, 3.05) is 11.6 Å². The second-order valence-corrected chi connectivity index (χ2v) is 9.77. The van der Waals surface area contributed by atoms with Crippen molar-refractivity contribution in [3.05, 3.63) is 40.7 Å².